The Morgan fingerprint density at radius 2 is 2.03 bits per heavy atom. The second kappa shape index (κ2) is 9.55. The van der Waals surface area contributed by atoms with Gasteiger partial charge < -0.3 is 15.5 Å². The number of para-hydroxylation sites is 1. The van der Waals surface area contributed by atoms with Gasteiger partial charge in [0.1, 0.15) is 17.3 Å². The third-order valence-electron chi connectivity index (χ3n) is 5.10. The lowest BCUT2D eigenvalue weighted by Gasteiger charge is -2.21. The fourth-order valence-electron chi connectivity index (χ4n) is 3.64. The number of guanidine groups is 1. The van der Waals surface area contributed by atoms with Crippen LogP contribution in [0.4, 0.5) is 14.5 Å². The first-order valence-corrected chi connectivity index (χ1v) is 10.3. The van der Waals surface area contributed by atoms with Crippen molar-refractivity contribution in [3.8, 4) is 5.82 Å². The normalized spacial score (nSPS) is 16.5. The maximum atomic E-state index is 14.1. The molecule has 3 heterocycles. The number of anilines is 1. The number of aromatic nitrogens is 3. The molecule has 1 fully saturated rings. The van der Waals surface area contributed by atoms with Crippen LogP contribution in [0.3, 0.4) is 0 Å². The predicted octanol–water partition coefficient (Wildman–Crippen LogP) is 2.88. The molecule has 0 saturated carbocycles. The molecule has 4 rings (SSSR count). The Balaban J connectivity index is 1.42. The number of nitrogens with zero attached hydrogens (tertiary/aromatic N) is 5. The third-order valence-corrected chi connectivity index (χ3v) is 5.10. The van der Waals surface area contributed by atoms with Gasteiger partial charge >= 0.3 is 0 Å². The molecular formula is C22H25F2N7. The summed E-state index contributed by atoms with van der Waals surface area (Å²) in [7, 11) is 0. The van der Waals surface area contributed by atoms with Crippen LogP contribution in [0.2, 0.25) is 0 Å². The van der Waals surface area contributed by atoms with E-state index in [9.17, 15) is 8.78 Å². The fourth-order valence-corrected chi connectivity index (χ4v) is 3.64. The number of nitrogens with one attached hydrogen (secondary N) is 2. The van der Waals surface area contributed by atoms with Crippen molar-refractivity contribution in [3.05, 3.63) is 72.2 Å². The van der Waals surface area contributed by atoms with Gasteiger partial charge in [-0.1, -0.05) is 6.07 Å². The molecule has 2 N–H and O–H groups in total. The number of aliphatic imine (C=N–C) groups is 1. The summed E-state index contributed by atoms with van der Waals surface area (Å²) in [5.41, 5.74) is 1.04. The molecule has 162 valence electrons. The van der Waals surface area contributed by atoms with Crippen molar-refractivity contribution in [1.82, 2.24) is 25.4 Å². The van der Waals surface area contributed by atoms with Crippen molar-refractivity contribution in [2.75, 3.05) is 24.5 Å². The molecule has 7 nitrogen and oxygen atoms in total. The van der Waals surface area contributed by atoms with Gasteiger partial charge in [0.05, 0.1) is 6.54 Å². The van der Waals surface area contributed by atoms with E-state index >= 15 is 0 Å². The Kier molecular flexibility index (Phi) is 6.40. The van der Waals surface area contributed by atoms with E-state index in [1.807, 2.05) is 31.3 Å². The van der Waals surface area contributed by atoms with Gasteiger partial charge in [0, 0.05) is 44.3 Å². The summed E-state index contributed by atoms with van der Waals surface area (Å²) in [5.74, 6) is 0.327. The number of hydrogen-bond donors (Lipinski definition) is 2. The molecule has 1 saturated heterocycles. The summed E-state index contributed by atoms with van der Waals surface area (Å²) >= 11 is 0. The van der Waals surface area contributed by atoms with Gasteiger partial charge in [-0.15, -0.1) is 0 Å². The summed E-state index contributed by atoms with van der Waals surface area (Å²) in [4.78, 5) is 10.7. The van der Waals surface area contributed by atoms with Crippen molar-refractivity contribution >= 4 is 11.6 Å². The monoisotopic (exact) mass is 425 g/mol. The lowest BCUT2D eigenvalue weighted by atomic mass is 10.2. The summed E-state index contributed by atoms with van der Waals surface area (Å²) in [6.45, 7) is 4.24. The van der Waals surface area contributed by atoms with Gasteiger partial charge in [-0.05, 0) is 49.2 Å². The molecule has 2 aromatic heterocycles. The van der Waals surface area contributed by atoms with Crippen LogP contribution in [-0.4, -0.2) is 46.4 Å². The zero-order valence-electron chi connectivity index (χ0n) is 17.3. The molecule has 0 bridgehead atoms. The standard InChI is InChI=1S/C22H25F2N7/c1-2-25-22(27-14-16-7-10-26-20(13-16)31-11-4-9-28-31)29-17-8-12-30(15-17)21-18(23)5-3-6-19(21)24/h3-7,9-11,13,17H,2,8,12,14-15H2,1H3,(H2,25,27,29). The first-order chi connectivity index (χ1) is 15.1. The highest BCUT2D eigenvalue weighted by atomic mass is 19.1. The van der Waals surface area contributed by atoms with Crippen molar-refractivity contribution in [3.63, 3.8) is 0 Å². The summed E-state index contributed by atoms with van der Waals surface area (Å²) in [6, 6.07) is 9.70. The Morgan fingerprint density at radius 1 is 1.19 bits per heavy atom. The number of rotatable bonds is 6. The molecule has 0 spiro atoms. The summed E-state index contributed by atoms with van der Waals surface area (Å²) in [6.07, 6.45) is 6.04. The van der Waals surface area contributed by atoms with E-state index in [4.69, 9.17) is 0 Å². The SMILES string of the molecule is CCNC(=NCc1ccnc(-n2cccn2)c1)NC1CCN(c2c(F)cccc2F)C1. The third kappa shape index (κ3) is 4.99. The quantitative estimate of drug-likeness (QED) is 0.470. The molecule has 0 aliphatic carbocycles. The lowest BCUT2D eigenvalue weighted by Crippen LogP contribution is -2.44. The zero-order chi connectivity index (χ0) is 21.6. The van der Waals surface area contributed by atoms with Crippen LogP contribution in [0.5, 0.6) is 0 Å². The minimum absolute atomic E-state index is 0.0360. The van der Waals surface area contributed by atoms with Gasteiger partial charge in [0.2, 0.25) is 0 Å². The van der Waals surface area contributed by atoms with E-state index in [0.29, 0.717) is 32.1 Å². The highest BCUT2D eigenvalue weighted by molar-refractivity contribution is 5.80. The number of pyridine rings is 1. The van der Waals surface area contributed by atoms with E-state index in [2.05, 4.69) is 25.7 Å². The van der Waals surface area contributed by atoms with Crippen molar-refractivity contribution in [1.29, 1.82) is 0 Å². The largest absolute Gasteiger partial charge is 0.365 e. The van der Waals surface area contributed by atoms with Crippen LogP contribution in [0.15, 0.2) is 60.0 Å². The minimum Gasteiger partial charge on any atom is -0.365 e. The second-order valence-corrected chi connectivity index (χ2v) is 7.31. The van der Waals surface area contributed by atoms with E-state index < -0.39 is 11.6 Å². The van der Waals surface area contributed by atoms with Crippen molar-refractivity contribution in [2.24, 2.45) is 4.99 Å². The minimum atomic E-state index is -0.535. The highest BCUT2D eigenvalue weighted by Crippen LogP contribution is 2.26. The molecular weight excluding hydrogens is 400 g/mol. The molecule has 0 amide bonds. The smallest absolute Gasteiger partial charge is 0.191 e. The van der Waals surface area contributed by atoms with E-state index in [1.54, 1.807) is 22.0 Å². The molecule has 1 atom stereocenters. The van der Waals surface area contributed by atoms with Crippen LogP contribution in [0.1, 0.15) is 18.9 Å². The molecule has 31 heavy (non-hydrogen) atoms. The molecule has 1 aliphatic rings. The van der Waals surface area contributed by atoms with Crippen LogP contribution in [0.25, 0.3) is 5.82 Å². The molecule has 1 aliphatic heterocycles. The van der Waals surface area contributed by atoms with Crippen LogP contribution in [0, 0.1) is 11.6 Å². The van der Waals surface area contributed by atoms with Crippen molar-refractivity contribution < 1.29 is 8.78 Å². The molecule has 9 heteroatoms. The van der Waals surface area contributed by atoms with Gasteiger partial charge in [0.25, 0.3) is 0 Å². The Labute approximate surface area is 179 Å². The summed E-state index contributed by atoms with van der Waals surface area (Å²) in [5, 5.41) is 10.8. The second-order valence-electron chi connectivity index (χ2n) is 7.31. The van der Waals surface area contributed by atoms with E-state index in [-0.39, 0.29) is 11.7 Å². The lowest BCUT2D eigenvalue weighted by molar-refractivity contribution is 0.576. The van der Waals surface area contributed by atoms with E-state index in [1.165, 1.54) is 18.2 Å². The zero-order valence-corrected chi connectivity index (χ0v) is 17.3. The van der Waals surface area contributed by atoms with Gasteiger partial charge in [-0.2, -0.15) is 5.10 Å². The van der Waals surface area contributed by atoms with Crippen molar-refractivity contribution in [2.45, 2.75) is 25.9 Å². The first kappa shape index (κ1) is 20.8. The summed E-state index contributed by atoms with van der Waals surface area (Å²) < 4.78 is 29.9. The average Bonchev–Trinajstić information content (AvgIpc) is 3.45. The van der Waals surface area contributed by atoms with Gasteiger partial charge in [-0.3, -0.25) is 0 Å². The predicted molar refractivity (Wildman–Crippen MR) is 116 cm³/mol. The first-order valence-electron chi connectivity index (χ1n) is 10.3. The number of hydrogen-bond acceptors (Lipinski definition) is 4. The van der Waals surface area contributed by atoms with Crippen LogP contribution in [-0.2, 0) is 6.54 Å². The average molecular weight is 425 g/mol. The fraction of sp³-hybridized carbons (Fsp3) is 0.318. The number of halogens is 2. The molecule has 1 unspecified atom stereocenters. The van der Waals surface area contributed by atoms with Gasteiger partial charge in [-0.25, -0.2) is 23.4 Å². The molecule has 3 aromatic rings. The van der Waals surface area contributed by atoms with Crippen LogP contribution < -0.4 is 15.5 Å². The van der Waals surface area contributed by atoms with E-state index in [0.717, 1.165) is 17.8 Å². The maximum Gasteiger partial charge on any atom is 0.191 e. The maximum absolute atomic E-state index is 14.1. The highest BCUT2D eigenvalue weighted by Gasteiger charge is 2.27. The Bertz CT molecular complexity index is 1020. The molecule has 0 radical (unpaired) electrons. The van der Waals surface area contributed by atoms with Crippen LogP contribution >= 0.6 is 0 Å². The Hall–Kier alpha value is -3.49. The Morgan fingerprint density at radius 3 is 2.77 bits per heavy atom. The molecule has 1 aromatic carbocycles. The topological polar surface area (TPSA) is 70.4 Å². The number of benzene rings is 1. The van der Waals surface area contributed by atoms with Gasteiger partial charge in [0.15, 0.2) is 11.8 Å².